The molecule has 0 saturated heterocycles. The summed E-state index contributed by atoms with van der Waals surface area (Å²) in [4.78, 5) is 0. The zero-order chi connectivity index (χ0) is 10.8. The minimum Gasteiger partial charge on any atom is -0.382 e. The molecule has 2 aromatic rings. The van der Waals surface area contributed by atoms with Crippen molar-refractivity contribution in [3.05, 3.63) is 34.4 Å². The SMILES string of the molecule is CCc1nnn(-c2cccc(Br)c2)c1N. The van der Waals surface area contributed by atoms with E-state index in [9.17, 15) is 0 Å². The maximum Gasteiger partial charge on any atom is 0.151 e. The van der Waals surface area contributed by atoms with Crippen molar-refractivity contribution in [2.24, 2.45) is 0 Å². The molecule has 0 spiro atoms. The van der Waals surface area contributed by atoms with Gasteiger partial charge in [-0.3, -0.25) is 0 Å². The molecule has 0 fully saturated rings. The molecule has 0 aliphatic rings. The van der Waals surface area contributed by atoms with Crippen LogP contribution in [0.5, 0.6) is 0 Å². The Morgan fingerprint density at radius 3 is 2.87 bits per heavy atom. The molecule has 0 aliphatic carbocycles. The molecule has 78 valence electrons. The maximum absolute atomic E-state index is 5.92. The summed E-state index contributed by atoms with van der Waals surface area (Å²) in [5.41, 5.74) is 7.66. The standard InChI is InChI=1S/C10H11BrN4/c1-2-9-10(12)15(14-13-9)8-5-3-4-7(11)6-8/h3-6H,2,12H2,1H3. The first-order chi connectivity index (χ1) is 7.22. The molecule has 0 amide bonds. The van der Waals surface area contributed by atoms with E-state index in [1.54, 1.807) is 4.68 Å². The fourth-order valence-corrected chi connectivity index (χ4v) is 1.76. The van der Waals surface area contributed by atoms with Crippen molar-refractivity contribution in [2.45, 2.75) is 13.3 Å². The van der Waals surface area contributed by atoms with Crippen molar-refractivity contribution in [3.63, 3.8) is 0 Å². The summed E-state index contributed by atoms with van der Waals surface area (Å²) >= 11 is 3.41. The van der Waals surface area contributed by atoms with Crippen LogP contribution in [0, 0.1) is 0 Å². The number of hydrogen-bond acceptors (Lipinski definition) is 3. The third kappa shape index (κ3) is 1.87. The van der Waals surface area contributed by atoms with Crippen LogP contribution in [0.15, 0.2) is 28.7 Å². The Morgan fingerprint density at radius 2 is 2.27 bits per heavy atom. The predicted molar refractivity (Wildman–Crippen MR) is 62.8 cm³/mol. The Balaban J connectivity index is 2.49. The van der Waals surface area contributed by atoms with Crippen LogP contribution in [0.25, 0.3) is 5.69 Å². The highest BCUT2D eigenvalue weighted by Gasteiger charge is 2.08. The number of benzene rings is 1. The van der Waals surface area contributed by atoms with E-state index in [1.165, 1.54) is 0 Å². The van der Waals surface area contributed by atoms with E-state index in [-0.39, 0.29) is 0 Å². The third-order valence-electron chi connectivity index (χ3n) is 2.17. The highest BCUT2D eigenvalue weighted by atomic mass is 79.9. The molecule has 15 heavy (non-hydrogen) atoms. The first kappa shape index (κ1) is 10.2. The summed E-state index contributed by atoms with van der Waals surface area (Å²) in [6.07, 6.45) is 0.792. The zero-order valence-electron chi connectivity index (χ0n) is 8.31. The number of nitrogens with two attached hydrogens (primary N) is 1. The second-order valence-electron chi connectivity index (χ2n) is 3.17. The molecule has 0 saturated carbocycles. The molecule has 5 heteroatoms. The van der Waals surface area contributed by atoms with Gasteiger partial charge in [0, 0.05) is 4.47 Å². The van der Waals surface area contributed by atoms with Crippen molar-refractivity contribution in [2.75, 3.05) is 5.73 Å². The van der Waals surface area contributed by atoms with Gasteiger partial charge in [-0.15, -0.1) is 5.10 Å². The molecule has 0 unspecified atom stereocenters. The van der Waals surface area contributed by atoms with Crippen LogP contribution >= 0.6 is 15.9 Å². The quantitative estimate of drug-likeness (QED) is 0.907. The van der Waals surface area contributed by atoms with Gasteiger partial charge >= 0.3 is 0 Å². The number of anilines is 1. The molecular weight excluding hydrogens is 256 g/mol. The number of halogens is 1. The molecule has 0 aliphatic heterocycles. The van der Waals surface area contributed by atoms with Crippen LogP contribution in [0.2, 0.25) is 0 Å². The number of nitrogen functional groups attached to an aromatic ring is 1. The molecular formula is C10H11BrN4. The lowest BCUT2D eigenvalue weighted by Crippen LogP contribution is -2.02. The largest absolute Gasteiger partial charge is 0.382 e. The van der Waals surface area contributed by atoms with Crippen molar-refractivity contribution in [3.8, 4) is 5.69 Å². The van der Waals surface area contributed by atoms with E-state index in [0.29, 0.717) is 5.82 Å². The molecule has 1 aromatic carbocycles. The van der Waals surface area contributed by atoms with Gasteiger partial charge in [-0.05, 0) is 24.6 Å². The van der Waals surface area contributed by atoms with Gasteiger partial charge in [-0.1, -0.05) is 34.1 Å². The van der Waals surface area contributed by atoms with E-state index < -0.39 is 0 Å². The maximum atomic E-state index is 5.92. The van der Waals surface area contributed by atoms with E-state index in [2.05, 4.69) is 26.2 Å². The third-order valence-corrected chi connectivity index (χ3v) is 2.66. The first-order valence-electron chi connectivity index (χ1n) is 4.68. The number of aromatic nitrogens is 3. The summed E-state index contributed by atoms with van der Waals surface area (Å²) in [6.45, 7) is 2.01. The Labute approximate surface area is 96.2 Å². The highest BCUT2D eigenvalue weighted by molar-refractivity contribution is 9.10. The zero-order valence-corrected chi connectivity index (χ0v) is 9.90. The molecule has 1 aromatic heterocycles. The van der Waals surface area contributed by atoms with Gasteiger partial charge in [-0.25, -0.2) is 0 Å². The Bertz CT molecular complexity index is 478. The van der Waals surface area contributed by atoms with Crippen LogP contribution in [-0.2, 0) is 6.42 Å². The summed E-state index contributed by atoms with van der Waals surface area (Å²) < 4.78 is 2.64. The van der Waals surface area contributed by atoms with E-state index in [0.717, 1.165) is 22.3 Å². The number of aryl methyl sites for hydroxylation is 1. The van der Waals surface area contributed by atoms with Crippen LogP contribution in [0.1, 0.15) is 12.6 Å². The minimum atomic E-state index is 0.607. The Morgan fingerprint density at radius 1 is 1.47 bits per heavy atom. The van der Waals surface area contributed by atoms with Gasteiger partial charge in [0.2, 0.25) is 0 Å². The topological polar surface area (TPSA) is 56.7 Å². The fraction of sp³-hybridized carbons (Fsp3) is 0.200. The molecule has 4 nitrogen and oxygen atoms in total. The van der Waals surface area contributed by atoms with E-state index >= 15 is 0 Å². The summed E-state index contributed by atoms with van der Waals surface area (Å²) in [6, 6.07) is 7.78. The lowest BCUT2D eigenvalue weighted by molar-refractivity contribution is 0.802. The highest BCUT2D eigenvalue weighted by Crippen LogP contribution is 2.18. The molecule has 0 atom stereocenters. The van der Waals surface area contributed by atoms with Crippen LogP contribution in [0.3, 0.4) is 0 Å². The van der Waals surface area contributed by atoms with Crippen molar-refractivity contribution in [1.29, 1.82) is 0 Å². The monoisotopic (exact) mass is 266 g/mol. The van der Waals surface area contributed by atoms with Gasteiger partial charge in [0.15, 0.2) is 5.82 Å². The smallest absolute Gasteiger partial charge is 0.151 e. The lowest BCUT2D eigenvalue weighted by Gasteiger charge is -2.03. The van der Waals surface area contributed by atoms with E-state index in [1.807, 2.05) is 31.2 Å². The van der Waals surface area contributed by atoms with Gasteiger partial charge < -0.3 is 5.73 Å². The molecule has 2 N–H and O–H groups in total. The average Bonchev–Trinajstić information content (AvgIpc) is 2.59. The second-order valence-corrected chi connectivity index (χ2v) is 4.08. The summed E-state index contributed by atoms with van der Waals surface area (Å²) in [7, 11) is 0. The van der Waals surface area contributed by atoms with Crippen molar-refractivity contribution in [1.82, 2.24) is 15.0 Å². The Kier molecular flexibility index (Phi) is 2.73. The van der Waals surface area contributed by atoms with Gasteiger partial charge in [0.1, 0.15) is 5.69 Å². The van der Waals surface area contributed by atoms with Crippen LogP contribution in [0.4, 0.5) is 5.82 Å². The normalized spacial score (nSPS) is 10.5. The minimum absolute atomic E-state index is 0.607. The van der Waals surface area contributed by atoms with Gasteiger partial charge in [0.05, 0.1) is 5.69 Å². The lowest BCUT2D eigenvalue weighted by atomic mass is 10.3. The Hall–Kier alpha value is -1.36. The first-order valence-corrected chi connectivity index (χ1v) is 5.47. The van der Waals surface area contributed by atoms with Gasteiger partial charge in [-0.2, -0.15) is 4.68 Å². The molecule has 0 radical (unpaired) electrons. The van der Waals surface area contributed by atoms with Crippen LogP contribution in [-0.4, -0.2) is 15.0 Å². The van der Waals surface area contributed by atoms with Crippen molar-refractivity contribution < 1.29 is 0 Å². The predicted octanol–water partition coefficient (Wildman–Crippen LogP) is 2.17. The van der Waals surface area contributed by atoms with Gasteiger partial charge in [0.25, 0.3) is 0 Å². The number of rotatable bonds is 2. The second kappa shape index (κ2) is 4.02. The summed E-state index contributed by atoms with van der Waals surface area (Å²) in [5.74, 6) is 0.607. The van der Waals surface area contributed by atoms with Crippen molar-refractivity contribution >= 4 is 21.7 Å². The average molecular weight is 267 g/mol. The fourth-order valence-electron chi connectivity index (χ4n) is 1.37. The summed E-state index contributed by atoms with van der Waals surface area (Å²) in [5, 5.41) is 8.03. The number of hydrogen-bond donors (Lipinski definition) is 1. The van der Waals surface area contributed by atoms with Crippen LogP contribution < -0.4 is 5.73 Å². The molecule has 0 bridgehead atoms. The molecule has 2 rings (SSSR count). The molecule has 1 heterocycles. The number of nitrogens with zero attached hydrogens (tertiary/aromatic N) is 3. The van der Waals surface area contributed by atoms with E-state index in [4.69, 9.17) is 5.73 Å².